The summed E-state index contributed by atoms with van der Waals surface area (Å²) in [6.45, 7) is 1.43. The molecule has 1 aromatic heterocycles. The maximum atomic E-state index is 11.9. The molecule has 9 heteroatoms. The molecule has 0 saturated carbocycles. The number of thioether (sulfide) groups is 1. The van der Waals surface area contributed by atoms with Crippen molar-refractivity contribution in [3.63, 3.8) is 0 Å². The Hall–Kier alpha value is -2.71. The van der Waals surface area contributed by atoms with E-state index >= 15 is 0 Å². The fourth-order valence-electron chi connectivity index (χ4n) is 1.90. The lowest BCUT2D eigenvalue weighted by atomic mass is 10.3. The minimum absolute atomic E-state index is 0.215. The number of hydrazone groups is 1. The lowest BCUT2D eigenvalue weighted by molar-refractivity contribution is -0.110. The van der Waals surface area contributed by atoms with Crippen LogP contribution < -0.4 is 5.43 Å². The number of ketones is 1. The van der Waals surface area contributed by atoms with Crippen LogP contribution in [0, 0.1) is 0 Å². The molecule has 0 unspecified atom stereocenters. The van der Waals surface area contributed by atoms with E-state index in [1.54, 1.807) is 16.8 Å². The highest BCUT2D eigenvalue weighted by Crippen LogP contribution is 2.23. The fourth-order valence-corrected chi connectivity index (χ4v) is 2.79. The molecule has 0 radical (unpaired) electrons. The summed E-state index contributed by atoms with van der Waals surface area (Å²) in [7, 11) is 0. The molecular weight excluding hydrogens is 360 g/mol. The van der Waals surface area contributed by atoms with Gasteiger partial charge in [0.05, 0.1) is 16.4 Å². The summed E-state index contributed by atoms with van der Waals surface area (Å²) < 4.78 is 1.54. The van der Waals surface area contributed by atoms with Crippen molar-refractivity contribution in [2.45, 2.75) is 12.1 Å². The van der Waals surface area contributed by atoms with E-state index in [1.165, 1.54) is 6.92 Å². The summed E-state index contributed by atoms with van der Waals surface area (Å²) in [5, 5.41) is 16.9. The highest BCUT2D eigenvalue weighted by molar-refractivity contribution is 8.15. The lowest BCUT2D eigenvalue weighted by Gasteiger charge is -2.06. The first-order valence-corrected chi connectivity index (χ1v) is 8.45. The number of benzene rings is 2. The Morgan fingerprint density at radius 1 is 1.16 bits per heavy atom. The SMILES string of the molecule is CC(=O)/C(=N\Nc1ccccc1Cl)Sc1nnnn1-c1ccccc1. The number of hydrogen-bond donors (Lipinski definition) is 1. The zero-order valence-corrected chi connectivity index (χ0v) is 14.7. The molecule has 3 rings (SSSR count). The summed E-state index contributed by atoms with van der Waals surface area (Å²) in [4.78, 5) is 11.9. The van der Waals surface area contributed by atoms with Crippen LogP contribution in [0.2, 0.25) is 5.02 Å². The van der Waals surface area contributed by atoms with Crippen molar-refractivity contribution in [3.05, 3.63) is 59.6 Å². The van der Waals surface area contributed by atoms with Crippen molar-refractivity contribution in [1.29, 1.82) is 0 Å². The molecule has 25 heavy (non-hydrogen) atoms. The van der Waals surface area contributed by atoms with E-state index in [0.717, 1.165) is 17.4 Å². The first kappa shape index (κ1) is 17.1. The van der Waals surface area contributed by atoms with Crippen LogP contribution in [0.4, 0.5) is 5.69 Å². The van der Waals surface area contributed by atoms with Crippen LogP contribution in [0.3, 0.4) is 0 Å². The summed E-state index contributed by atoms with van der Waals surface area (Å²) in [6.07, 6.45) is 0. The van der Waals surface area contributed by atoms with Gasteiger partial charge in [0.1, 0.15) is 0 Å². The first-order chi connectivity index (χ1) is 12.1. The van der Waals surface area contributed by atoms with Crippen LogP contribution in [-0.2, 0) is 4.79 Å². The minimum atomic E-state index is -0.216. The number of Topliss-reactive ketones (excluding diaryl/α,β-unsaturated/α-hetero) is 1. The Labute approximate surface area is 153 Å². The van der Waals surface area contributed by atoms with Gasteiger partial charge in [0, 0.05) is 6.92 Å². The molecule has 2 aromatic carbocycles. The third kappa shape index (κ3) is 4.23. The normalized spacial score (nSPS) is 11.4. The maximum absolute atomic E-state index is 11.9. The third-order valence-corrected chi connectivity index (χ3v) is 4.42. The van der Waals surface area contributed by atoms with E-state index in [4.69, 9.17) is 11.6 Å². The van der Waals surface area contributed by atoms with Gasteiger partial charge in [-0.3, -0.25) is 10.2 Å². The van der Waals surface area contributed by atoms with Gasteiger partial charge in [-0.15, -0.1) is 5.10 Å². The number of aromatic nitrogens is 4. The molecule has 3 aromatic rings. The zero-order valence-electron chi connectivity index (χ0n) is 13.1. The molecule has 0 fully saturated rings. The summed E-state index contributed by atoms with van der Waals surface area (Å²) in [5.74, 6) is -0.216. The van der Waals surface area contributed by atoms with Crippen LogP contribution in [0.5, 0.6) is 0 Å². The molecule has 0 atom stereocenters. The number of nitrogens with zero attached hydrogens (tertiary/aromatic N) is 5. The van der Waals surface area contributed by atoms with Crippen LogP contribution in [0.1, 0.15) is 6.92 Å². The summed E-state index contributed by atoms with van der Waals surface area (Å²) in [5.41, 5.74) is 4.19. The van der Waals surface area contributed by atoms with Gasteiger partial charge in [0.25, 0.3) is 0 Å². The monoisotopic (exact) mass is 372 g/mol. The molecule has 7 nitrogen and oxygen atoms in total. The van der Waals surface area contributed by atoms with E-state index < -0.39 is 0 Å². The van der Waals surface area contributed by atoms with Crippen LogP contribution in [-0.4, -0.2) is 31.0 Å². The predicted octanol–water partition coefficient (Wildman–Crippen LogP) is 3.42. The molecule has 0 aliphatic heterocycles. The lowest BCUT2D eigenvalue weighted by Crippen LogP contribution is -2.10. The van der Waals surface area contributed by atoms with Crippen LogP contribution in [0.25, 0.3) is 5.69 Å². The Balaban J connectivity index is 1.84. The van der Waals surface area contributed by atoms with Crippen molar-refractivity contribution in [2.24, 2.45) is 5.10 Å². The predicted molar refractivity (Wildman–Crippen MR) is 98.2 cm³/mol. The van der Waals surface area contributed by atoms with Crippen LogP contribution in [0.15, 0.2) is 64.9 Å². The van der Waals surface area contributed by atoms with E-state index in [-0.39, 0.29) is 10.8 Å². The number of hydrogen-bond acceptors (Lipinski definition) is 7. The number of carbonyl (C=O) groups is 1. The van der Waals surface area contributed by atoms with Gasteiger partial charge in [0.2, 0.25) is 5.16 Å². The molecule has 0 saturated heterocycles. The molecule has 0 spiro atoms. The molecule has 0 amide bonds. The largest absolute Gasteiger partial charge is 0.292 e. The van der Waals surface area contributed by atoms with E-state index in [9.17, 15) is 4.79 Å². The molecular formula is C16H13ClN6OS. The van der Waals surface area contributed by atoms with Gasteiger partial charge < -0.3 is 0 Å². The number of anilines is 1. The number of nitrogens with one attached hydrogen (secondary N) is 1. The molecule has 0 bridgehead atoms. The Morgan fingerprint density at radius 3 is 2.60 bits per heavy atom. The van der Waals surface area contributed by atoms with Crippen LogP contribution >= 0.6 is 23.4 Å². The van der Waals surface area contributed by atoms with Crippen molar-refractivity contribution >= 4 is 39.9 Å². The van der Waals surface area contributed by atoms with Gasteiger partial charge >= 0.3 is 0 Å². The van der Waals surface area contributed by atoms with Crippen molar-refractivity contribution in [3.8, 4) is 5.69 Å². The van der Waals surface area contributed by atoms with Gasteiger partial charge in [0.15, 0.2) is 10.8 Å². The highest BCUT2D eigenvalue weighted by atomic mass is 35.5. The molecule has 1 heterocycles. The third-order valence-electron chi connectivity index (χ3n) is 3.08. The number of halogens is 1. The highest BCUT2D eigenvalue weighted by Gasteiger charge is 2.16. The summed E-state index contributed by atoms with van der Waals surface area (Å²) >= 11 is 7.15. The number of tetrazole rings is 1. The van der Waals surface area contributed by atoms with Gasteiger partial charge in [-0.2, -0.15) is 9.78 Å². The average Bonchev–Trinajstić information content (AvgIpc) is 3.08. The fraction of sp³-hybridized carbons (Fsp3) is 0.0625. The number of rotatable bonds is 5. The average molecular weight is 373 g/mol. The van der Waals surface area contributed by atoms with Gasteiger partial charge in [-0.05, 0) is 46.5 Å². The molecule has 0 aliphatic rings. The second kappa shape index (κ2) is 7.91. The minimum Gasteiger partial charge on any atom is -0.292 e. The molecule has 126 valence electrons. The summed E-state index contributed by atoms with van der Waals surface area (Å²) in [6, 6.07) is 16.5. The van der Waals surface area contributed by atoms with Crippen molar-refractivity contribution in [2.75, 3.05) is 5.43 Å². The maximum Gasteiger partial charge on any atom is 0.220 e. The standard InChI is InChI=1S/C16H13ClN6OS/c1-11(24)15(19-18-14-10-6-5-9-13(14)17)25-16-20-21-22-23(16)12-7-3-2-4-8-12/h2-10,18H,1H3/b19-15+. The Morgan fingerprint density at radius 2 is 1.88 bits per heavy atom. The van der Waals surface area contributed by atoms with Crippen molar-refractivity contribution < 1.29 is 4.79 Å². The topological polar surface area (TPSA) is 85.1 Å². The van der Waals surface area contributed by atoms with Crippen molar-refractivity contribution in [1.82, 2.24) is 20.2 Å². The molecule has 1 N–H and O–H groups in total. The van der Waals surface area contributed by atoms with E-state index in [0.29, 0.717) is 15.9 Å². The Kier molecular flexibility index (Phi) is 5.42. The number of para-hydroxylation sites is 2. The van der Waals surface area contributed by atoms with Gasteiger partial charge in [-0.1, -0.05) is 41.9 Å². The second-order valence-electron chi connectivity index (χ2n) is 4.88. The smallest absolute Gasteiger partial charge is 0.220 e. The number of carbonyl (C=O) groups excluding carboxylic acids is 1. The van der Waals surface area contributed by atoms with E-state index in [2.05, 4.69) is 26.1 Å². The quantitative estimate of drug-likeness (QED) is 0.319. The molecule has 0 aliphatic carbocycles. The first-order valence-electron chi connectivity index (χ1n) is 7.26. The Bertz CT molecular complexity index is 912. The van der Waals surface area contributed by atoms with E-state index in [1.807, 2.05) is 42.5 Å². The van der Waals surface area contributed by atoms with Gasteiger partial charge in [-0.25, -0.2) is 0 Å². The second-order valence-corrected chi connectivity index (χ2v) is 6.24. The zero-order chi connectivity index (χ0) is 17.6.